The van der Waals surface area contributed by atoms with E-state index in [0.29, 0.717) is 16.9 Å². The van der Waals surface area contributed by atoms with E-state index in [4.69, 9.17) is 4.74 Å². The number of aromatic hydroxyl groups is 1. The van der Waals surface area contributed by atoms with Crippen LogP contribution in [0.4, 0.5) is 4.79 Å². The first-order valence-corrected chi connectivity index (χ1v) is 24.6. The Morgan fingerprint density at radius 1 is 0.929 bits per heavy atom. The summed E-state index contributed by atoms with van der Waals surface area (Å²) in [6.45, 7) is 1.40. The Morgan fingerprint density at radius 2 is 1.64 bits per heavy atom. The number of hydrogen-bond acceptors (Lipinski definition) is 13. The second-order valence-corrected chi connectivity index (χ2v) is 19.1. The maximum atomic E-state index is 14.5. The van der Waals surface area contributed by atoms with Crippen LogP contribution in [0.5, 0.6) is 5.75 Å². The number of fused-ring (bicyclic) bond motifs is 1. The van der Waals surface area contributed by atoms with Crippen LogP contribution in [0.1, 0.15) is 37.1 Å². The van der Waals surface area contributed by atoms with E-state index in [1.165, 1.54) is 68.2 Å². The molecule has 22 nitrogen and oxygen atoms in total. The summed E-state index contributed by atoms with van der Waals surface area (Å²) in [4.78, 5) is 99.3. The van der Waals surface area contributed by atoms with Crippen LogP contribution in [-0.4, -0.2) is 128 Å². The molecule has 3 heterocycles. The number of aliphatic hydroxyl groups excluding tert-OH is 1. The zero-order chi connectivity index (χ0) is 50.7. The van der Waals surface area contributed by atoms with Crippen LogP contribution in [0, 0.1) is 0 Å². The molecule has 5 unspecified atom stereocenters. The zero-order valence-corrected chi connectivity index (χ0v) is 39.7. The first kappa shape index (κ1) is 52.0. The van der Waals surface area contributed by atoms with Gasteiger partial charge >= 0.3 is 17.7 Å². The normalized spacial score (nSPS) is 17.3. The quantitative estimate of drug-likeness (QED) is 0.0491. The number of phenolic OH excluding ortho intramolecular Hbond substituents is 1. The Hall–Kier alpha value is -7.41. The van der Waals surface area contributed by atoms with Gasteiger partial charge in [-0.05, 0) is 73.2 Å². The number of carbonyl (C=O) groups is 5. The predicted octanol–water partition coefficient (Wildman–Crippen LogP) is 0.999. The number of likely N-dealkylation sites (N-methyl/N-ethyl adjacent to an activating group) is 1. The van der Waals surface area contributed by atoms with Crippen molar-refractivity contribution in [2.24, 2.45) is 0 Å². The SMILES string of the molecule is CSCCC(NC(=O)NC(Cc1c[nH]c2ccccc12)C(=O)O)C(=O)NC(C(=O)N/C=C1\C[C@H](O)[C@@H](n2ccc(=O)[nH]c2=O)O1)C(C)N(C)C(=O)C(Cc1cccc(O)c1)NS(=O)(=O)c1ccccc1. The number of benzene rings is 3. The van der Waals surface area contributed by atoms with Gasteiger partial charge in [-0.3, -0.25) is 28.7 Å². The average molecular weight is 1000 g/mol. The molecule has 0 radical (unpaired) electrons. The number of carboxylic acid groups (broad SMARTS) is 1. The van der Waals surface area contributed by atoms with Gasteiger partial charge in [0.15, 0.2) is 0 Å². The number of nitrogens with one attached hydrogen (secondary N) is 7. The number of rotatable bonds is 21. The number of ether oxygens (including phenoxy) is 1. The van der Waals surface area contributed by atoms with Gasteiger partial charge in [-0.25, -0.2) is 22.8 Å². The minimum absolute atomic E-state index is 0.00730. The number of aliphatic hydroxyl groups is 1. The van der Waals surface area contributed by atoms with Crippen molar-refractivity contribution in [3.05, 3.63) is 141 Å². The number of aliphatic carboxylic acids is 1. The molecule has 6 rings (SSSR count). The average Bonchev–Trinajstić information content (AvgIpc) is 3.92. The molecule has 1 aliphatic heterocycles. The summed E-state index contributed by atoms with van der Waals surface area (Å²) in [5.41, 5.74) is 0.201. The fraction of sp³-hybridized carbons (Fsp3) is 0.326. The van der Waals surface area contributed by atoms with Crippen molar-refractivity contribution in [3.63, 3.8) is 0 Å². The monoisotopic (exact) mass is 1000 g/mol. The summed E-state index contributed by atoms with van der Waals surface area (Å²) in [7, 11) is -3.07. The first-order valence-electron chi connectivity index (χ1n) is 21.8. The van der Waals surface area contributed by atoms with Crippen LogP contribution in [-0.2, 0) is 46.8 Å². The van der Waals surface area contributed by atoms with Crippen LogP contribution in [0.15, 0.2) is 124 Å². The first-order chi connectivity index (χ1) is 33.3. The molecule has 24 heteroatoms. The number of carboxylic acids is 1. The molecular weight excluding hydrogens is 951 g/mol. The van der Waals surface area contributed by atoms with Gasteiger partial charge in [0.25, 0.3) is 5.56 Å². The molecule has 3 aromatic carbocycles. The number of carbonyl (C=O) groups excluding carboxylic acids is 4. The third-order valence-electron chi connectivity index (χ3n) is 11.5. The summed E-state index contributed by atoms with van der Waals surface area (Å²) in [6.07, 6.45) is 2.38. The van der Waals surface area contributed by atoms with Crippen molar-refractivity contribution in [3.8, 4) is 5.75 Å². The third kappa shape index (κ3) is 13.2. The molecule has 0 bridgehead atoms. The lowest BCUT2D eigenvalue weighted by atomic mass is 10.0. The van der Waals surface area contributed by atoms with Gasteiger partial charge < -0.3 is 51.2 Å². The largest absolute Gasteiger partial charge is 0.508 e. The number of amides is 5. The number of urea groups is 1. The highest BCUT2D eigenvalue weighted by Crippen LogP contribution is 2.30. The van der Waals surface area contributed by atoms with Crippen LogP contribution in [0.25, 0.3) is 10.9 Å². The number of sulfonamides is 1. The lowest BCUT2D eigenvalue weighted by molar-refractivity contribution is -0.139. The summed E-state index contributed by atoms with van der Waals surface area (Å²) >= 11 is 1.33. The van der Waals surface area contributed by atoms with E-state index in [0.717, 1.165) is 38.8 Å². The molecule has 0 aliphatic carbocycles. The van der Waals surface area contributed by atoms with Gasteiger partial charge in [-0.2, -0.15) is 16.5 Å². The molecule has 372 valence electrons. The summed E-state index contributed by atoms with van der Waals surface area (Å²) in [5.74, 6) is -3.94. The van der Waals surface area contributed by atoms with E-state index in [-0.39, 0.29) is 42.1 Å². The van der Waals surface area contributed by atoms with Crippen LogP contribution in [0.3, 0.4) is 0 Å². The molecule has 1 aliphatic rings. The summed E-state index contributed by atoms with van der Waals surface area (Å²) < 4.78 is 36.4. The number of aromatic nitrogens is 3. The van der Waals surface area contributed by atoms with Gasteiger partial charge in [0.05, 0.1) is 10.9 Å². The van der Waals surface area contributed by atoms with Gasteiger partial charge in [0.1, 0.15) is 41.8 Å². The molecule has 2 aromatic heterocycles. The van der Waals surface area contributed by atoms with Crippen molar-refractivity contribution in [1.29, 1.82) is 0 Å². The van der Waals surface area contributed by atoms with Crippen LogP contribution < -0.4 is 37.2 Å². The van der Waals surface area contributed by atoms with Gasteiger partial charge in [0, 0.05) is 55.5 Å². The number of para-hydroxylation sites is 1. The second kappa shape index (κ2) is 23.3. The van der Waals surface area contributed by atoms with E-state index in [1.807, 2.05) is 12.1 Å². The fourth-order valence-corrected chi connectivity index (χ4v) is 9.34. The molecular formula is C46H53N9O13S2. The highest BCUT2D eigenvalue weighted by atomic mass is 32.2. The van der Waals surface area contributed by atoms with Crippen molar-refractivity contribution >= 4 is 62.4 Å². The Labute approximate surface area is 404 Å². The number of H-pyrrole nitrogens is 2. The lowest BCUT2D eigenvalue weighted by Crippen LogP contribution is -2.62. The van der Waals surface area contributed by atoms with E-state index in [1.54, 1.807) is 36.7 Å². The second-order valence-electron chi connectivity index (χ2n) is 16.4. The Morgan fingerprint density at radius 3 is 2.34 bits per heavy atom. The number of hydrogen-bond donors (Lipinski definition) is 10. The molecule has 10 N–H and O–H groups in total. The highest BCUT2D eigenvalue weighted by molar-refractivity contribution is 7.98. The van der Waals surface area contributed by atoms with Crippen molar-refractivity contribution in [1.82, 2.24) is 45.4 Å². The minimum Gasteiger partial charge on any atom is -0.508 e. The van der Waals surface area contributed by atoms with Gasteiger partial charge in [0.2, 0.25) is 34.0 Å². The van der Waals surface area contributed by atoms with Crippen LogP contribution >= 0.6 is 11.8 Å². The molecule has 1 saturated heterocycles. The number of aromatic amines is 2. The molecule has 7 atom stereocenters. The Bertz CT molecular complexity index is 2960. The van der Waals surface area contributed by atoms with E-state index >= 15 is 0 Å². The van der Waals surface area contributed by atoms with E-state index < -0.39 is 93.5 Å². The topological polar surface area (TPSA) is 323 Å². The number of nitrogens with zero attached hydrogens (tertiary/aromatic N) is 2. The fourth-order valence-electron chi connectivity index (χ4n) is 7.66. The van der Waals surface area contributed by atoms with Crippen molar-refractivity contribution < 1.29 is 52.4 Å². The minimum atomic E-state index is -4.35. The maximum Gasteiger partial charge on any atom is 0.331 e. The van der Waals surface area contributed by atoms with E-state index in [2.05, 4.69) is 36.0 Å². The molecule has 5 aromatic rings. The number of phenols is 1. The highest BCUT2D eigenvalue weighted by Gasteiger charge is 2.38. The molecule has 0 spiro atoms. The standard InChI is InChI=1S/C46H53N9O13S2/c1-26(54(2)42(61)35(21-27-10-9-11-29(56)20-27)53-70(66,67)31-12-5-4-6-13-31)39(41(60)48-25-30-23-37(57)43(68-30)55-18-16-38(58)51-46(55)65)52-40(59)34(17-19-69-3)49-45(64)50-36(44(62)63)22-28-24-47-33-15-8-7-14-32(28)33/h4-16,18,20,24-26,34-37,39,43,47,53,56-57H,17,19,21-23H2,1-3H3,(H,48,60)(H,52,59)(H,62,63)(H2,49,50,64)(H,51,58,65)/b30-25+/t26?,34?,35?,36?,37-,39?,43-/m0/s1. The molecule has 5 amide bonds. The van der Waals surface area contributed by atoms with Gasteiger partial charge in [-0.15, -0.1) is 0 Å². The van der Waals surface area contributed by atoms with Crippen molar-refractivity contribution in [2.75, 3.05) is 19.1 Å². The summed E-state index contributed by atoms with van der Waals surface area (Å²) in [5, 5.41) is 41.9. The van der Waals surface area contributed by atoms with Crippen molar-refractivity contribution in [2.45, 2.75) is 80.0 Å². The maximum absolute atomic E-state index is 14.5. The smallest absolute Gasteiger partial charge is 0.331 e. The number of thioether (sulfide) groups is 1. The molecule has 70 heavy (non-hydrogen) atoms. The van der Waals surface area contributed by atoms with Gasteiger partial charge in [-0.1, -0.05) is 48.5 Å². The van der Waals surface area contributed by atoms with Crippen LogP contribution in [0.2, 0.25) is 0 Å². The Kier molecular flexibility index (Phi) is 17.3. The zero-order valence-electron chi connectivity index (χ0n) is 38.0. The Balaban J connectivity index is 1.27. The summed E-state index contributed by atoms with van der Waals surface area (Å²) in [6, 6.07) is 13.0. The molecule has 1 fully saturated rings. The van der Waals surface area contributed by atoms with E-state index in [9.17, 15) is 57.3 Å². The molecule has 0 saturated carbocycles. The third-order valence-corrected chi connectivity index (χ3v) is 13.6. The predicted molar refractivity (Wildman–Crippen MR) is 257 cm³/mol. The lowest BCUT2D eigenvalue weighted by Gasteiger charge is -2.34.